The van der Waals surface area contributed by atoms with Crippen LogP contribution in [-0.4, -0.2) is 13.2 Å². The summed E-state index contributed by atoms with van der Waals surface area (Å²) in [5.74, 6) is 0. The van der Waals surface area contributed by atoms with E-state index in [2.05, 4.69) is 41.5 Å². The molecule has 0 aromatic carbocycles. The Labute approximate surface area is 109 Å². The Morgan fingerprint density at radius 3 is 1.59 bits per heavy atom. The smallest absolute Gasteiger partial charge is 0.0522 e. The van der Waals surface area contributed by atoms with Gasteiger partial charge in [0.05, 0.1) is 6.61 Å². The molecule has 0 radical (unpaired) electrons. The zero-order chi connectivity index (χ0) is 13.4. The molecule has 0 unspecified atom stereocenters. The first-order chi connectivity index (χ1) is 8.01. The molecule has 0 bridgehead atoms. The first kappa shape index (κ1) is 17.0. The number of hydrogen-bond donors (Lipinski definition) is 0. The van der Waals surface area contributed by atoms with Crippen molar-refractivity contribution in [2.24, 2.45) is 10.8 Å². The molecule has 0 fully saturated rings. The predicted octanol–water partition coefficient (Wildman–Crippen LogP) is 5.44. The van der Waals surface area contributed by atoms with Crippen LogP contribution in [0.5, 0.6) is 0 Å². The second-order valence-corrected chi connectivity index (χ2v) is 5.88. The van der Waals surface area contributed by atoms with Gasteiger partial charge in [-0.2, -0.15) is 0 Å². The van der Waals surface area contributed by atoms with Crippen molar-refractivity contribution in [3.8, 4) is 0 Å². The molecule has 0 aliphatic carbocycles. The van der Waals surface area contributed by atoms with Crippen LogP contribution in [0, 0.1) is 10.8 Å². The van der Waals surface area contributed by atoms with Crippen molar-refractivity contribution in [3.63, 3.8) is 0 Å². The molecular weight excluding hydrogens is 208 g/mol. The van der Waals surface area contributed by atoms with Gasteiger partial charge in [-0.1, -0.05) is 54.4 Å². The monoisotopic (exact) mass is 242 g/mol. The fourth-order valence-corrected chi connectivity index (χ4v) is 2.27. The van der Waals surface area contributed by atoms with Crippen molar-refractivity contribution in [1.82, 2.24) is 0 Å². The van der Waals surface area contributed by atoms with Gasteiger partial charge in [-0.15, -0.1) is 0 Å². The largest absolute Gasteiger partial charge is 0.381 e. The third-order valence-corrected chi connectivity index (χ3v) is 5.22. The van der Waals surface area contributed by atoms with Gasteiger partial charge in [-0.05, 0) is 36.5 Å². The third-order valence-electron chi connectivity index (χ3n) is 5.22. The summed E-state index contributed by atoms with van der Waals surface area (Å²) in [4.78, 5) is 0. The minimum atomic E-state index is 0.425. The Balaban J connectivity index is 3.98. The van der Waals surface area contributed by atoms with Crippen molar-refractivity contribution < 1.29 is 4.74 Å². The van der Waals surface area contributed by atoms with E-state index in [-0.39, 0.29) is 0 Å². The van der Waals surface area contributed by atoms with E-state index < -0.39 is 0 Å². The standard InChI is InChI=1S/C16H34O/c1-7-15(6,8-2)12-13-17-14-16(9-3,10-4)11-5/h7-14H2,1-6H3. The molecule has 0 aliphatic heterocycles. The maximum Gasteiger partial charge on any atom is 0.0522 e. The van der Waals surface area contributed by atoms with Crippen LogP contribution in [0.2, 0.25) is 0 Å². The lowest BCUT2D eigenvalue weighted by Crippen LogP contribution is -2.26. The SMILES string of the molecule is CCC(C)(CC)CCOCC(CC)(CC)CC. The zero-order valence-corrected chi connectivity index (χ0v) is 13.1. The van der Waals surface area contributed by atoms with E-state index in [0.717, 1.165) is 13.2 Å². The lowest BCUT2D eigenvalue weighted by Gasteiger charge is -2.31. The highest BCUT2D eigenvalue weighted by atomic mass is 16.5. The summed E-state index contributed by atoms with van der Waals surface area (Å²) in [7, 11) is 0. The lowest BCUT2D eigenvalue weighted by molar-refractivity contribution is 0.0197. The number of hydrogen-bond acceptors (Lipinski definition) is 1. The summed E-state index contributed by atoms with van der Waals surface area (Å²) in [5.41, 5.74) is 0.905. The molecule has 17 heavy (non-hydrogen) atoms. The topological polar surface area (TPSA) is 9.23 Å². The summed E-state index contributed by atoms with van der Waals surface area (Å²) < 4.78 is 5.97. The van der Waals surface area contributed by atoms with E-state index >= 15 is 0 Å². The molecule has 1 nitrogen and oxygen atoms in total. The van der Waals surface area contributed by atoms with E-state index in [4.69, 9.17) is 4.74 Å². The fraction of sp³-hybridized carbons (Fsp3) is 1.00. The molecule has 0 aromatic rings. The van der Waals surface area contributed by atoms with Crippen molar-refractivity contribution in [2.75, 3.05) is 13.2 Å². The Bertz CT molecular complexity index is 170. The first-order valence-electron chi connectivity index (χ1n) is 7.59. The van der Waals surface area contributed by atoms with Gasteiger partial charge in [-0.3, -0.25) is 0 Å². The van der Waals surface area contributed by atoms with Gasteiger partial charge in [-0.25, -0.2) is 0 Å². The van der Waals surface area contributed by atoms with E-state index in [1.54, 1.807) is 0 Å². The molecule has 104 valence electrons. The summed E-state index contributed by atoms with van der Waals surface area (Å²) in [6.07, 6.45) is 7.42. The van der Waals surface area contributed by atoms with Gasteiger partial charge in [0.1, 0.15) is 0 Å². The molecule has 0 saturated carbocycles. The normalized spacial score (nSPS) is 13.1. The highest BCUT2D eigenvalue weighted by molar-refractivity contribution is 4.75. The zero-order valence-electron chi connectivity index (χ0n) is 13.1. The van der Waals surface area contributed by atoms with Crippen LogP contribution in [0.25, 0.3) is 0 Å². The third kappa shape index (κ3) is 5.42. The Morgan fingerprint density at radius 2 is 1.24 bits per heavy atom. The first-order valence-corrected chi connectivity index (χ1v) is 7.59. The van der Waals surface area contributed by atoms with Crippen LogP contribution in [0.4, 0.5) is 0 Å². The van der Waals surface area contributed by atoms with Crippen LogP contribution in [0.3, 0.4) is 0 Å². The van der Waals surface area contributed by atoms with Gasteiger partial charge >= 0.3 is 0 Å². The van der Waals surface area contributed by atoms with Crippen LogP contribution in [0.1, 0.15) is 80.1 Å². The van der Waals surface area contributed by atoms with Crippen LogP contribution in [0.15, 0.2) is 0 Å². The molecule has 0 saturated heterocycles. The quantitative estimate of drug-likeness (QED) is 0.464. The molecule has 0 amide bonds. The molecule has 0 aliphatic rings. The molecule has 0 rings (SSSR count). The lowest BCUT2D eigenvalue weighted by atomic mass is 9.80. The van der Waals surface area contributed by atoms with Crippen LogP contribution < -0.4 is 0 Å². The van der Waals surface area contributed by atoms with Gasteiger partial charge in [0.2, 0.25) is 0 Å². The van der Waals surface area contributed by atoms with E-state index in [1.165, 1.54) is 38.5 Å². The minimum absolute atomic E-state index is 0.425. The van der Waals surface area contributed by atoms with Crippen molar-refractivity contribution >= 4 is 0 Å². The molecule has 0 aromatic heterocycles. The molecule has 0 N–H and O–H groups in total. The maximum atomic E-state index is 5.97. The second kappa shape index (κ2) is 8.13. The number of ether oxygens (including phenoxy) is 1. The highest BCUT2D eigenvalue weighted by Crippen LogP contribution is 2.32. The van der Waals surface area contributed by atoms with E-state index in [1.807, 2.05) is 0 Å². The molecule has 1 heteroatoms. The minimum Gasteiger partial charge on any atom is -0.381 e. The predicted molar refractivity (Wildman–Crippen MR) is 77.4 cm³/mol. The van der Waals surface area contributed by atoms with Crippen LogP contribution >= 0.6 is 0 Å². The van der Waals surface area contributed by atoms with Gasteiger partial charge < -0.3 is 4.74 Å². The fourth-order valence-electron chi connectivity index (χ4n) is 2.27. The van der Waals surface area contributed by atoms with E-state index in [9.17, 15) is 0 Å². The van der Waals surface area contributed by atoms with Crippen molar-refractivity contribution in [3.05, 3.63) is 0 Å². The maximum absolute atomic E-state index is 5.97. The van der Waals surface area contributed by atoms with Crippen molar-refractivity contribution in [1.29, 1.82) is 0 Å². The number of rotatable bonds is 10. The van der Waals surface area contributed by atoms with Gasteiger partial charge in [0.15, 0.2) is 0 Å². The molecule has 0 atom stereocenters. The second-order valence-electron chi connectivity index (χ2n) is 5.88. The highest BCUT2D eigenvalue weighted by Gasteiger charge is 2.25. The molecular formula is C16H34O. The summed E-state index contributed by atoms with van der Waals surface area (Å²) in [6, 6.07) is 0. The van der Waals surface area contributed by atoms with Gasteiger partial charge in [0, 0.05) is 6.61 Å². The Morgan fingerprint density at radius 1 is 0.765 bits per heavy atom. The average molecular weight is 242 g/mol. The Hall–Kier alpha value is -0.0400. The summed E-state index contributed by atoms with van der Waals surface area (Å²) >= 11 is 0. The molecule has 0 spiro atoms. The summed E-state index contributed by atoms with van der Waals surface area (Å²) in [6.45, 7) is 15.7. The van der Waals surface area contributed by atoms with E-state index in [0.29, 0.717) is 10.8 Å². The Kier molecular flexibility index (Phi) is 8.11. The molecule has 0 heterocycles. The average Bonchev–Trinajstić information content (AvgIpc) is 2.39. The van der Waals surface area contributed by atoms with Crippen LogP contribution in [-0.2, 0) is 4.74 Å². The van der Waals surface area contributed by atoms with Gasteiger partial charge in [0.25, 0.3) is 0 Å². The summed E-state index contributed by atoms with van der Waals surface area (Å²) in [5, 5.41) is 0. The van der Waals surface area contributed by atoms with Crippen molar-refractivity contribution in [2.45, 2.75) is 80.1 Å².